The molecule has 0 N–H and O–H groups in total. The van der Waals surface area contributed by atoms with Crippen molar-refractivity contribution in [1.29, 1.82) is 0 Å². The molecule has 1 nitrogen and oxygen atoms in total. The summed E-state index contributed by atoms with van der Waals surface area (Å²) in [5, 5.41) is 0.754. The molecule has 3 unspecified atom stereocenters. The summed E-state index contributed by atoms with van der Waals surface area (Å²) in [5.41, 5.74) is 4.55. The second-order valence-corrected chi connectivity index (χ2v) is 8.90. The topological polar surface area (TPSA) is 9.23 Å². The minimum Gasteiger partial charge on any atom is -0.457 e. The monoisotopic (exact) mass is 446 g/mol. The van der Waals surface area contributed by atoms with Crippen LogP contribution in [0.2, 0.25) is 5.02 Å². The molecular weight excluding hydrogens is 432 g/mol. The normalized spacial score (nSPS) is 25.6. The van der Waals surface area contributed by atoms with E-state index < -0.39 is 0 Å². The molecule has 6 rings (SSSR count). The van der Waals surface area contributed by atoms with E-state index in [1.54, 1.807) is 0 Å². The number of hydrogen-bond donors (Lipinski definition) is 0. The molecule has 1 aliphatic heterocycles. The predicted molar refractivity (Wildman–Crippen MR) is 117 cm³/mol. The van der Waals surface area contributed by atoms with Crippen LogP contribution in [0.15, 0.2) is 89.4 Å². The Morgan fingerprint density at radius 2 is 1.68 bits per heavy atom. The van der Waals surface area contributed by atoms with Gasteiger partial charge in [0, 0.05) is 32.5 Å². The molecule has 0 bridgehead atoms. The standard InChI is InChI=1S/C25H16BrClO/c26-15-12-13-19-17(14-15)16-6-1-2-7-18(16)25(19)20-8-3-4-10-22(20)28-23-11-5-9-21(27)24(23)25/h1-14,16,18H. The molecule has 3 aromatic rings. The summed E-state index contributed by atoms with van der Waals surface area (Å²) in [6.07, 6.45) is 8.98. The van der Waals surface area contributed by atoms with Gasteiger partial charge in [-0.3, -0.25) is 0 Å². The van der Waals surface area contributed by atoms with Gasteiger partial charge in [-0.25, -0.2) is 0 Å². The van der Waals surface area contributed by atoms with Crippen LogP contribution >= 0.6 is 27.5 Å². The molecule has 1 spiro atoms. The van der Waals surface area contributed by atoms with Crippen LogP contribution in [0.4, 0.5) is 0 Å². The average Bonchev–Trinajstić information content (AvgIpc) is 2.99. The molecule has 136 valence electrons. The van der Waals surface area contributed by atoms with Crippen molar-refractivity contribution >= 4 is 27.5 Å². The van der Waals surface area contributed by atoms with Crippen LogP contribution in [0.3, 0.4) is 0 Å². The van der Waals surface area contributed by atoms with Crippen molar-refractivity contribution in [3.8, 4) is 11.5 Å². The smallest absolute Gasteiger partial charge is 0.133 e. The van der Waals surface area contributed by atoms with E-state index in [0.717, 1.165) is 26.6 Å². The fourth-order valence-electron chi connectivity index (χ4n) is 5.40. The lowest BCUT2D eigenvalue weighted by Gasteiger charge is -2.43. The van der Waals surface area contributed by atoms with Crippen LogP contribution in [0, 0.1) is 5.92 Å². The van der Waals surface area contributed by atoms with Crippen molar-refractivity contribution in [2.75, 3.05) is 0 Å². The molecular formula is C25H16BrClO. The molecule has 3 aliphatic rings. The van der Waals surface area contributed by atoms with E-state index in [1.807, 2.05) is 24.3 Å². The van der Waals surface area contributed by atoms with Crippen LogP contribution in [0.1, 0.15) is 28.2 Å². The Morgan fingerprint density at radius 3 is 2.61 bits per heavy atom. The summed E-state index contributed by atoms with van der Waals surface area (Å²) >= 11 is 10.6. The Balaban J connectivity index is 1.81. The summed E-state index contributed by atoms with van der Waals surface area (Å²) in [6.45, 7) is 0. The number of rotatable bonds is 0. The van der Waals surface area contributed by atoms with Crippen molar-refractivity contribution in [2.45, 2.75) is 11.3 Å². The van der Waals surface area contributed by atoms with Crippen molar-refractivity contribution in [2.24, 2.45) is 5.92 Å². The second kappa shape index (κ2) is 5.85. The van der Waals surface area contributed by atoms with Crippen molar-refractivity contribution < 1.29 is 4.74 Å². The first-order valence-electron chi connectivity index (χ1n) is 9.42. The number of benzene rings is 3. The van der Waals surface area contributed by atoms with Crippen LogP contribution in [0.25, 0.3) is 0 Å². The molecule has 3 heteroatoms. The van der Waals surface area contributed by atoms with Crippen LogP contribution in [0.5, 0.6) is 11.5 Å². The van der Waals surface area contributed by atoms with E-state index in [0.29, 0.717) is 5.92 Å². The van der Waals surface area contributed by atoms with Crippen molar-refractivity contribution in [1.82, 2.24) is 0 Å². The number of fused-ring (bicyclic) bond motifs is 9. The molecule has 1 heterocycles. The zero-order valence-electron chi connectivity index (χ0n) is 14.9. The Bertz CT molecular complexity index is 1190. The van der Waals surface area contributed by atoms with Gasteiger partial charge < -0.3 is 4.74 Å². The first kappa shape index (κ1) is 16.6. The minimum atomic E-state index is -0.371. The summed E-state index contributed by atoms with van der Waals surface area (Å²) < 4.78 is 7.43. The Morgan fingerprint density at radius 1 is 0.857 bits per heavy atom. The minimum absolute atomic E-state index is 0.241. The molecule has 28 heavy (non-hydrogen) atoms. The zero-order valence-corrected chi connectivity index (χ0v) is 17.2. The largest absolute Gasteiger partial charge is 0.457 e. The van der Waals surface area contributed by atoms with E-state index in [9.17, 15) is 0 Å². The molecule has 0 saturated carbocycles. The first-order chi connectivity index (χ1) is 13.7. The highest BCUT2D eigenvalue weighted by Crippen LogP contribution is 2.65. The maximum absolute atomic E-state index is 6.88. The summed E-state index contributed by atoms with van der Waals surface area (Å²) in [7, 11) is 0. The lowest BCUT2D eigenvalue weighted by atomic mass is 9.62. The lowest BCUT2D eigenvalue weighted by Crippen LogP contribution is -2.38. The molecule has 0 saturated heterocycles. The number of hydrogen-bond acceptors (Lipinski definition) is 1. The fraction of sp³-hybridized carbons (Fsp3) is 0.120. The number of allylic oxidation sites excluding steroid dienone is 4. The highest BCUT2D eigenvalue weighted by Gasteiger charge is 2.57. The average molecular weight is 448 g/mol. The second-order valence-electron chi connectivity index (χ2n) is 7.57. The number of ether oxygens (including phenoxy) is 1. The van der Waals surface area contributed by atoms with Crippen LogP contribution < -0.4 is 4.74 Å². The van der Waals surface area contributed by atoms with Gasteiger partial charge in [-0.05, 0) is 41.5 Å². The van der Waals surface area contributed by atoms with Crippen LogP contribution in [-0.4, -0.2) is 0 Å². The third kappa shape index (κ3) is 1.97. The lowest BCUT2D eigenvalue weighted by molar-refractivity contribution is 0.374. The Hall–Kier alpha value is -2.29. The highest BCUT2D eigenvalue weighted by molar-refractivity contribution is 9.10. The van der Waals surface area contributed by atoms with Gasteiger partial charge in [0.2, 0.25) is 0 Å². The first-order valence-corrected chi connectivity index (χ1v) is 10.6. The van der Waals surface area contributed by atoms with Gasteiger partial charge in [0.15, 0.2) is 0 Å². The maximum atomic E-state index is 6.88. The van der Waals surface area contributed by atoms with E-state index in [2.05, 4.69) is 76.6 Å². The van der Waals surface area contributed by atoms with Gasteiger partial charge >= 0.3 is 0 Å². The summed E-state index contributed by atoms with van der Waals surface area (Å²) in [5.74, 6) is 2.30. The molecule has 2 aliphatic carbocycles. The van der Waals surface area contributed by atoms with Gasteiger partial charge in [0.1, 0.15) is 11.5 Å². The number of halogens is 2. The molecule has 0 radical (unpaired) electrons. The third-order valence-corrected chi connectivity index (χ3v) is 7.14. The molecule has 3 atom stereocenters. The van der Waals surface area contributed by atoms with E-state index in [-0.39, 0.29) is 11.3 Å². The maximum Gasteiger partial charge on any atom is 0.133 e. The molecule has 0 amide bonds. The summed E-state index contributed by atoms with van der Waals surface area (Å²) in [4.78, 5) is 0. The molecule has 3 aromatic carbocycles. The number of para-hydroxylation sites is 1. The summed E-state index contributed by atoms with van der Waals surface area (Å²) in [6, 6.07) is 21.0. The quantitative estimate of drug-likeness (QED) is 0.349. The van der Waals surface area contributed by atoms with Gasteiger partial charge in [0.05, 0.1) is 5.41 Å². The highest BCUT2D eigenvalue weighted by atomic mass is 79.9. The molecule has 0 aromatic heterocycles. The van der Waals surface area contributed by atoms with E-state index >= 15 is 0 Å². The van der Waals surface area contributed by atoms with E-state index in [1.165, 1.54) is 16.7 Å². The Kier molecular flexibility index (Phi) is 3.48. The van der Waals surface area contributed by atoms with Gasteiger partial charge in [-0.1, -0.05) is 82.2 Å². The van der Waals surface area contributed by atoms with E-state index in [4.69, 9.17) is 16.3 Å². The predicted octanol–water partition coefficient (Wildman–Crippen LogP) is 7.38. The molecule has 0 fully saturated rings. The van der Waals surface area contributed by atoms with Gasteiger partial charge in [0.25, 0.3) is 0 Å². The van der Waals surface area contributed by atoms with Crippen molar-refractivity contribution in [3.63, 3.8) is 0 Å². The zero-order chi connectivity index (χ0) is 18.9. The Labute approximate surface area is 177 Å². The van der Waals surface area contributed by atoms with Gasteiger partial charge in [-0.2, -0.15) is 0 Å². The van der Waals surface area contributed by atoms with Crippen molar-refractivity contribution in [3.05, 3.63) is 117 Å². The fourth-order valence-corrected chi connectivity index (χ4v) is 6.09. The third-order valence-electron chi connectivity index (χ3n) is 6.33. The SMILES string of the molecule is Clc1cccc2c1C1(c3ccccc3O2)c2ccc(Br)cc2C2C=CC=CC21. The van der Waals surface area contributed by atoms with Gasteiger partial charge in [-0.15, -0.1) is 0 Å². The van der Waals surface area contributed by atoms with Crippen LogP contribution in [-0.2, 0) is 5.41 Å².